The second kappa shape index (κ2) is 4.09. The Labute approximate surface area is 112 Å². The summed E-state index contributed by atoms with van der Waals surface area (Å²) in [5.74, 6) is 0. The summed E-state index contributed by atoms with van der Waals surface area (Å²) in [4.78, 5) is 4.43. The molecule has 2 aromatic carbocycles. The van der Waals surface area contributed by atoms with E-state index in [9.17, 15) is 0 Å². The molecule has 2 nitrogen and oxygen atoms in total. The van der Waals surface area contributed by atoms with Crippen molar-refractivity contribution in [2.45, 2.75) is 12.5 Å². The van der Waals surface area contributed by atoms with Gasteiger partial charge in [0.1, 0.15) is 0 Å². The first kappa shape index (κ1) is 10.6. The van der Waals surface area contributed by atoms with Crippen molar-refractivity contribution in [2.75, 3.05) is 5.32 Å². The average molecular weight is 246 g/mol. The SMILES string of the molecule is c1ccc2c(c1)CC(c1ccc3cccnc3c1)N2. The second-order valence-electron chi connectivity index (χ2n) is 5.01. The van der Waals surface area contributed by atoms with Gasteiger partial charge in [0, 0.05) is 17.3 Å². The van der Waals surface area contributed by atoms with Gasteiger partial charge in [-0.15, -0.1) is 0 Å². The van der Waals surface area contributed by atoms with E-state index in [0.29, 0.717) is 6.04 Å². The first-order valence-electron chi connectivity index (χ1n) is 6.59. The second-order valence-corrected chi connectivity index (χ2v) is 5.01. The molecule has 0 amide bonds. The Kier molecular flexibility index (Phi) is 2.27. The van der Waals surface area contributed by atoms with E-state index in [1.165, 1.54) is 22.2 Å². The minimum absolute atomic E-state index is 0.365. The molecule has 3 aromatic rings. The number of pyridine rings is 1. The molecule has 1 aliphatic heterocycles. The summed E-state index contributed by atoms with van der Waals surface area (Å²) in [6.07, 6.45) is 2.90. The molecular formula is C17H14N2. The Morgan fingerprint density at radius 2 is 1.95 bits per heavy atom. The first-order chi connectivity index (χ1) is 9.40. The lowest BCUT2D eigenvalue weighted by Gasteiger charge is -2.12. The summed E-state index contributed by atoms with van der Waals surface area (Å²) < 4.78 is 0. The molecule has 4 rings (SSSR count). The lowest BCUT2D eigenvalue weighted by molar-refractivity contribution is 0.825. The van der Waals surface area contributed by atoms with Crippen LogP contribution in [-0.4, -0.2) is 4.98 Å². The van der Waals surface area contributed by atoms with Gasteiger partial charge >= 0.3 is 0 Å². The van der Waals surface area contributed by atoms with Crippen molar-refractivity contribution in [1.82, 2.24) is 4.98 Å². The van der Waals surface area contributed by atoms with Crippen molar-refractivity contribution >= 4 is 16.6 Å². The van der Waals surface area contributed by atoms with E-state index in [1.54, 1.807) is 0 Å². The maximum absolute atomic E-state index is 4.43. The van der Waals surface area contributed by atoms with Crippen LogP contribution in [0, 0.1) is 0 Å². The third-order valence-electron chi connectivity index (χ3n) is 3.80. The Bertz CT molecular complexity index is 724. The minimum atomic E-state index is 0.365. The summed E-state index contributed by atoms with van der Waals surface area (Å²) in [6.45, 7) is 0. The molecule has 1 aromatic heterocycles. The fourth-order valence-corrected chi connectivity index (χ4v) is 2.80. The number of hydrogen-bond acceptors (Lipinski definition) is 2. The highest BCUT2D eigenvalue weighted by Crippen LogP contribution is 2.34. The van der Waals surface area contributed by atoms with Gasteiger partial charge in [0.2, 0.25) is 0 Å². The van der Waals surface area contributed by atoms with Gasteiger partial charge in [-0.2, -0.15) is 0 Å². The van der Waals surface area contributed by atoms with Crippen LogP contribution in [-0.2, 0) is 6.42 Å². The van der Waals surface area contributed by atoms with Crippen LogP contribution in [0.4, 0.5) is 5.69 Å². The van der Waals surface area contributed by atoms with Crippen molar-refractivity contribution < 1.29 is 0 Å². The standard InChI is InChI=1S/C17H14N2/c1-2-6-15-13(4-1)11-17(19-15)14-8-7-12-5-3-9-18-16(12)10-14/h1-10,17,19H,11H2. The number of anilines is 1. The maximum atomic E-state index is 4.43. The zero-order valence-corrected chi connectivity index (χ0v) is 10.5. The van der Waals surface area contributed by atoms with Crippen LogP contribution < -0.4 is 5.32 Å². The molecule has 92 valence electrons. The molecule has 1 N–H and O–H groups in total. The van der Waals surface area contributed by atoms with Crippen LogP contribution in [0.25, 0.3) is 10.9 Å². The van der Waals surface area contributed by atoms with Gasteiger partial charge in [0.25, 0.3) is 0 Å². The highest BCUT2D eigenvalue weighted by Gasteiger charge is 2.21. The number of para-hydroxylation sites is 1. The number of nitrogens with zero attached hydrogens (tertiary/aromatic N) is 1. The molecule has 0 saturated heterocycles. The number of hydrogen-bond donors (Lipinski definition) is 1. The molecule has 19 heavy (non-hydrogen) atoms. The molecule has 1 aliphatic rings. The Balaban J connectivity index is 1.73. The van der Waals surface area contributed by atoms with E-state index in [4.69, 9.17) is 0 Å². The highest BCUT2D eigenvalue weighted by molar-refractivity contribution is 5.79. The summed E-state index contributed by atoms with van der Waals surface area (Å²) in [5.41, 5.74) is 5.03. The fourth-order valence-electron chi connectivity index (χ4n) is 2.80. The van der Waals surface area contributed by atoms with Gasteiger partial charge in [-0.05, 0) is 35.7 Å². The molecule has 0 radical (unpaired) electrons. The van der Waals surface area contributed by atoms with E-state index in [2.05, 4.69) is 58.8 Å². The lowest BCUT2D eigenvalue weighted by Crippen LogP contribution is -2.05. The average Bonchev–Trinajstić information content (AvgIpc) is 2.90. The molecule has 0 aliphatic carbocycles. The summed E-state index contributed by atoms with van der Waals surface area (Å²) in [6, 6.07) is 19.5. The van der Waals surface area contributed by atoms with Crippen molar-refractivity contribution in [3.05, 3.63) is 71.9 Å². The van der Waals surface area contributed by atoms with E-state index < -0.39 is 0 Å². The predicted octanol–water partition coefficient (Wildman–Crippen LogP) is 3.94. The summed E-state index contributed by atoms with van der Waals surface area (Å²) in [5, 5.41) is 4.78. The number of nitrogens with one attached hydrogen (secondary N) is 1. The Hall–Kier alpha value is -2.35. The predicted molar refractivity (Wildman–Crippen MR) is 78.3 cm³/mol. The Morgan fingerprint density at radius 1 is 1.00 bits per heavy atom. The van der Waals surface area contributed by atoms with Crippen molar-refractivity contribution in [1.29, 1.82) is 0 Å². The van der Waals surface area contributed by atoms with Gasteiger partial charge < -0.3 is 5.32 Å². The van der Waals surface area contributed by atoms with E-state index in [1.807, 2.05) is 12.3 Å². The van der Waals surface area contributed by atoms with Gasteiger partial charge in [0.05, 0.1) is 11.6 Å². The van der Waals surface area contributed by atoms with E-state index >= 15 is 0 Å². The molecule has 2 heterocycles. The molecule has 1 atom stereocenters. The van der Waals surface area contributed by atoms with Crippen LogP contribution in [0.3, 0.4) is 0 Å². The normalized spacial score (nSPS) is 17.2. The molecular weight excluding hydrogens is 232 g/mol. The molecule has 0 saturated carbocycles. The zero-order valence-electron chi connectivity index (χ0n) is 10.5. The Morgan fingerprint density at radius 3 is 2.89 bits per heavy atom. The van der Waals surface area contributed by atoms with Crippen molar-refractivity contribution in [2.24, 2.45) is 0 Å². The van der Waals surface area contributed by atoms with Gasteiger partial charge in [-0.3, -0.25) is 4.98 Å². The minimum Gasteiger partial charge on any atom is -0.378 e. The molecule has 0 fully saturated rings. The lowest BCUT2D eigenvalue weighted by atomic mass is 10.0. The molecule has 2 heteroatoms. The topological polar surface area (TPSA) is 24.9 Å². The summed E-state index contributed by atoms with van der Waals surface area (Å²) >= 11 is 0. The van der Waals surface area contributed by atoms with Gasteiger partial charge in [0.15, 0.2) is 0 Å². The first-order valence-corrected chi connectivity index (χ1v) is 6.59. The fraction of sp³-hybridized carbons (Fsp3) is 0.118. The van der Waals surface area contributed by atoms with Gasteiger partial charge in [-0.25, -0.2) is 0 Å². The highest BCUT2D eigenvalue weighted by atomic mass is 14.9. The van der Waals surface area contributed by atoms with Gasteiger partial charge in [-0.1, -0.05) is 36.4 Å². The number of rotatable bonds is 1. The van der Waals surface area contributed by atoms with Crippen LogP contribution in [0.5, 0.6) is 0 Å². The molecule has 1 unspecified atom stereocenters. The monoisotopic (exact) mass is 246 g/mol. The van der Waals surface area contributed by atoms with E-state index in [-0.39, 0.29) is 0 Å². The maximum Gasteiger partial charge on any atom is 0.0705 e. The quantitative estimate of drug-likeness (QED) is 0.703. The number of aromatic nitrogens is 1. The smallest absolute Gasteiger partial charge is 0.0705 e. The van der Waals surface area contributed by atoms with Crippen LogP contribution in [0.1, 0.15) is 17.2 Å². The third-order valence-corrected chi connectivity index (χ3v) is 3.80. The summed E-state index contributed by atoms with van der Waals surface area (Å²) in [7, 11) is 0. The van der Waals surface area contributed by atoms with Crippen molar-refractivity contribution in [3.8, 4) is 0 Å². The van der Waals surface area contributed by atoms with Crippen LogP contribution >= 0.6 is 0 Å². The van der Waals surface area contributed by atoms with Crippen LogP contribution in [0.15, 0.2) is 60.8 Å². The van der Waals surface area contributed by atoms with E-state index in [0.717, 1.165) is 11.9 Å². The largest absolute Gasteiger partial charge is 0.378 e. The van der Waals surface area contributed by atoms with Crippen LogP contribution in [0.2, 0.25) is 0 Å². The number of benzene rings is 2. The number of fused-ring (bicyclic) bond motifs is 2. The zero-order chi connectivity index (χ0) is 12.7. The van der Waals surface area contributed by atoms with Crippen molar-refractivity contribution in [3.63, 3.8) is 0 Å². The molecule has 0 bridgehead atoms. The molecule has 0 spiro atoms. The third kappa shape index (κ3) is 1.76.